The molecule has 0 radical (unpaired) electrons. The van der Waals surface area contributed by atoms with Crippen molar-refractivity contribution in [2.75, 3.05) is 36.0 Å². The fraction of sp³-hybridized carbons (Fsp3) is 0.447. The van der Waals surface area contributed by atoms with Crippen molar-refractivity contribution in [3.05, 3.63) is 94.7 Å². The van der Waals surface area contributed by atoms with E-state index in [1.807, 2.05) is 84.9 Å². The van der Waals surface area contributed by atoms with E-state index < -0.39 is 41.5 Å². The van der Waals surface area contributed by atoms with Gasteiger partial charge in [0.1, 0.15) is 24.6 Å². The monoisotopic (exact) mass is 791 g/mol. The van der Waals surface area contributed by atoms with Crippen LogP contribution < -0.4 is 14.8 Å². The van der Waals surface area contributed by atoms with Crippen molar-refractivity contribution in [1.82, 2.24) is 4.58 Å². The van der Waals surface area contributed by atoms with Gasteiger partial charge in [-0.3, -0.25) is 13.7 Å². The van der Waals surface area contributed by atoms with Crippen LogP contribution in [0.4, 0.5) is 5.69 Å². The summed E-state index contributed by atoms with van der Waals surface area (Å²) in [6.45, 7) is 13.5. The van der Waals surface area contributed by atoms with E-state index >= 15 is 0 Å². The fourth-order valence-electron chi connectivity index (χ4n) is 6.78. The molecule has 2 heterocycles. The van der Waals surface area contributed by atoms with Crippen LogP contribution in [-0.2, 0) is 41.2 Å². The quantitative estimate of drug-likeness (QED) is 0.0892. The Morgan fingerprint density at radius 2 is 1.55 bits per heavy atom. The highest BCUT2D eigenvalue weighted by Crippen LogP contribution is 2.51. The molecule has 3 N–H and O–H groups in total. The van der Waals surface area contributed by atoms with Crippen molar-refractivity contribution in [3.63, 3.8) is 0 Å². The minimum Gasteiger partial charge on any atom is -0.460 e. The SMILES string of the molecule is CCCC1(C)\C(=C/C=C/C=C/c2cc(C(C)(C)C)oc3cc(=[N+](CC)CCCS(=O)(=O)O)ccc2-3)N(CCCS(=O)(=O)O)c2ccc(S(=O)(=O)O)cc21. The summed E-state index contributed by atoms with van der Waals surface area (Å²) >= 11 is 0. The third-order valence-corrected chi connectivity index (χ3v) is 11.9. The Balaban J connectivity index is 1.75. The normalized spacial score (nSPS) is 18.5. The van der Waals surface area contributed by atoms with E-state index in [1.54, 1.807) is 6.07 Å². The average molecular weight is 792 g/mol. The second-order valence-electron chi connectivity index (χ2n) is 14.5. The predicted molar refractivity (Wildman–Crippen MR) is 209 cm³/mol. The second kappa shape index (κ2) is 16.4. The highest BCUT2D eigenvalue weighted by atomic mass is 32.2. The molecule has 4 rings (SSSR count). The van der Waals surface area contributed by atoms with Gasteiger partial charge in [0, 0.05) is 46.8 Å². The van der Waals surface area contributed by atoms with E-state index in [0.29, 0.717) is 36.5 Å². The summed E-state index contributed by atoms with van der Waals surface area (Å²) in [6, 6.07) is 12.3. The maximum absolute atomic E-state index is 12.1. The van der Waals surface area contributed by atoms with Gasteiger partial charge in [0.15, 0.2) is 0 Å². The van der Waals surface area contributed by atoms with Crippen LogP contribution in [-0.4, -0.2) is 70.1 Å². The number of fused-ring (bicyclic) bond motifs is 2. The molecule has 1 aliphatic carbocycles. The van der Waals surface area contributed by atoms with Crippen LogP contribution in [0.1, 0.15) is 84.1 Å². The maximum atomic E-state index is 12.1. The molecule has 1 atom stereocenters. The molecule has 15 heteroatoms. The molecule has 2 aliphatic heterocycles. The van der Waals surface area contributed by atoms with Gasteiger partial charge in [-0.15, -0.1) is 0 Å². The fourth-order valence-corrected chi connectivity index (χ4v) is 8.28. The molecule has 1 aromatic carbocycles. The lowest BCUT2D eigenvalue weighted by Crippen LogP contribution is -2.31. The van der Waals surface area contributed by atoms with Gasteiger partial charge in [0.25, 0.3) is 30.4 Å². The van der Waals surface area contributed by atoms with E-state index in [4.69, 9.17) is 8.97 Å². The Morgan fingerprint density at radius 1 is 0.868 bits per heavy atom. The topological polar surface area (TPSA) is 182 Å². The summed E-state index contributed by atoms with van der Waals surface area (Å²) in [5.74, 6) is 0.683. The first kappa shape index (κ1) is 42.1. The zero-order valence-corrected chi connectivity index (χ0v) is 33.6. The van der Waals surface area contributed by atoms with Gasteiger partial charge >= 0.3 is 0 Å². The van der Waals surface area contributed by atoms with Gasteiger partial charge in [-0.1, -0.05) is 58.4 Å². The van der Waals surface area contributed by atoms with Gasteiger partial charge in [0.2, 0.25) is 5.36 Å². The van der Waals surface area contributed by atoms with Gasteiger partial charge in [-0.2, -0.15) is 25.3 Å². The molecule has 1 aromatic rings. The van der Waals surface area contributed by atoms with Crippen LogP contribution in [0.2, 0.25) is 0 Å². The van der Waals surface area contributed by atoms with Gasteiger partial charge < -0.3 is 9.32 Å². The smallest absolute Gasteiger partial charge is 0.294 e. The average Bonchev–Trinajstić information content (AvgIpc) is 3.26. The molecule has 290 valence electrons. The number of anilines is 1. The molecule has 1 unspecified atom stereocenters. The van der Waals surface area contributed by atoms with E-state index in [1.165, 1.54) is 12.1 Å². The first-order valence-electron chi connectivity index (χ1n) is 17.6. The highest BCUT2D eigenvalue weighted by molar-refractivity contribution is 7.86. The number of hydrogen-bond donors (Lipinski definition) is 3. The predicted octanol–water partition coefficient (Wildman–Crippen LogP) is 6.31. The number of allylic oxidation sites excluding steroid dienone is 5. The van der Waals surface area contributed by atoms with Crippen LogP contribution in [0.3, 0.4) is 0 Å². The van der Waals surface area contributed by atoms with Crippen molar-refractivity contribution < 1.29 is 43.3 Å². The molecule has 3 aliphatic rings. The van der Waals surface area contributed by atoms with Crippen molar-refractivity contribution in [2.45, 2.75) is 83.0 Å². The Bertz CT molecular complexity index is 2280. The summed E-state index contributed by atoms with van der Waals surface area (Å²) in [7, 11) is -12.7. The Labute approximate surface area is 313 Å². The van der Waals surface area contributed by atoms with Crippen LogP contribution >= 0.6 is 0 Å². The van der Waals surface area contributed by atoms with Crippen LogP contribution in [0.15, 0.2) is 81.8 Å². The largest absolute Gasteiger partial charge is 0.460 e. The zero-order valence-electron chi connectivity index (χ0n) is 31.1. The highest BCUT2D eigenvalue weighted by Gasteiger charge is 2.43. The maximum Gasteiger partial charge on any atom is 0.294 e. The third-order valence-electron chi connectivity index (χ3n) is 9.39. The summed E-state index contributed by atoms with van der Waals surface area (Å²) < 4.78 is 107. The number of nitrogens with zero attached hydrogens (tertiary/aromatic N) is 2. The molecule has 0 aromatic heterocycles. The van der Waals surface area contributed by atoms with E-state index in [-0.39, 0.29) is 35.4 Å². The zero-order chi connectivity index (χ0) is 39.4. The minimum absolute atomic E-state index is 0.131. The molecular weight excluding hydrogens is 741 g/mol. The van der Waals surface area contributed by atoms with Crippen LogP contribution in [0.25, 0.3) is 17.4 Å². The Kier molecular flexibility index (Phi) is 13.1. The molecule has 0 saturated heterocycles. The van der Waals surface area contributed by atoms with Crippen molar-refractivity contribution in [1.29, 1.82) is 0 Å². The lowest BCUT2D eigenvalue weighted by molar-refractivity contribution is 0.404. The molecule has 0 fully saturated rings. The van der Waals surface area contributed by atoms with E-state index in [0.717, 1.165) is 34.4 Å². The van der Waals surface area contributed by atoms with Gasteiger partial charge in [-0.25, -0.2) is 4.58 Å². The molecule has 0 bridgehead atoms. The molecule has 0 spiro atoms. The third kappa shape index (κ3) is 10.8. The molecule has 53 heavy (non-hydrogen) atoms. The number of benzene rings is 2. The van der Waals surface area contributed by atoms with Crippen LogP contribution in [0.5, 0.6) is 0 Å². The van der Waals surface area contributed by atoms with Crippen LogP contribution in [0, 0.1) is 0 Å². The Morgan fingerprint density at radius 3 is 2.15 bits per heavy atom. The van der Waals surface area contributed by atoms with Crippen molar-refractivity contribution >= 4 is 42.1 Å². The van der Waals surface area contributed by atoms with E-state index in [9.17, 15) is 34.4 Å². The first-order chi connectivity index (χ1) is 24.6. The molecule has 12 nitrogen and oxygen atoms in total. The van der Waals surface area contributed by atoms with E-state index in [2.05, 4.69) is 20.8 Å². The van der Waals surface area contributed by atoms with Crippen molar-refractivity contribution in [2.24, 2.45) is 0 Å². The second-order valence-corrected chi connectivity index (χ2v) is 19.1. The summed E-state index contributed by atoms with van der Waals surface area (Å²) in [5.41, 5.74) is 3.06. The molecule has 0 saturated carbocycles. The summed E-state index contributed by atoms with van der Waals surface area (Å²) in [5, 5.41) is 0.865. The van der Waals surface area contributed by atoms with Gasteiger partial charge in [-0.05, 0) is 74.2 Å². The summed E-state index contributed by atoms with van der Waals surface area (Å²) in [6.07, 6.45) is 11.4. The van der Waals surface area contributed by atoms with Crippen molar-refractivity contribution in [3.8, 4) is 11.3 Å². The minimum atomic E-state index is -4.47. The first-order valence-corrected chi connectivity index (χ1v) is 22.2. The Hall–Kier alpha value is -3.60. The van der Waals surface area contributed by atoms with Gasteiger partial charge in [0.05, 0.1) is 22.5 Å². The summed E-state index contributed by atoms with van der Waals surface area (Å²) in [4.78, 5) is 1.72. The lowest BCUT2D eigenvalue weighted by atomic mass is 9.77. The molecular formula is C38H51N2O10S3+. The number of rotatable bonds is 15. The lowest BCUT2D eigenvalue weighted by Gasteiger charge is -2.30. The standard InChI is InChI=1S/C38H50N2O10S3/c1-7-20-38(6)32-27-30(53(47,48)49)17-19-33(32)40(22-13-24-52(44,45)46)35(38)15-11-9-10-14-28-25-36(37(3,4)5)50-34-26-29(16-18-31(28)34)39(8-2)21-12-23-51(41,42)43/h9-11,14-19,25-27H,7-8,12-13,20-24H2,1-6H3,(H2-,41,42,43,44,45,46,47,48,49)/p+1. The number of hydrogen-bond acceptors (Lipinski definition) is 8. The molecule has 0 amide bonds.